The molecule has 0 saturated carbocycles. The highest BCUT2D eigenvalue weighted by Gasteiger charge is 2.26. The van der Waals surface area contributed by atoms with Crippen molar-refractivity contribution in [1.82, 2.24) is 0 Å². The fourth-order valence-corrected chi connectivity index (χ4v) is 3.09. The molecule has 100 valence electrons. The van der Waals surface area contributed by atoms with Crippen molar-refractivity contribution in [2.75, 3.05) is 5.75 Å². The molecule has 0 rings (SSSR count). The van der Waals surface area contributed by atoms with Crippen molar-refractivity contribution < 1.29 is 32.8 Å². The van der Waals surface area contributed by atoms with E-state index in [9.17, 15) is 18.0 Å². The van der Waals surface area contributed by atoms with Crippen LogP contribution >= 0.6 is 11.8 Å². The van der Waals surface area contributed by atoms with Gasteiger partial charge in [-0.05, 0) is 12.2 Å². The molecule has 0 saturated heterocycles. The summed E-state index contributed by atoms with van der Waals surface area (Å²) in [6.07, 6.45) is -0.780. The Hall–Kier alpha value is -0.840. The Kier molecular flexibility index (Phi) is 6.45. The summed E-state index contributed by atoms with van der Waals surface area (Å²) in [6.45, 7) is 0. The lowest BCUT2D eigenvalue weighted by atomic mass is 10.2. The third-order valence-electron chi connectivity index (χ3n) is 1.72. The molecule has 0 radical (unpaired) electrons. The Labute approximate surface area is 102 Å². The van der Waals surface area contributed by atoms with E-state index in [1.165, 1.54) is 0 Å². The molecule has 0 bridgehead atoms. The summed E-state index contributed by atoms with van der Waals surface area (Å²) < 4.78 is 28.8. The van der Waals surface area contributed by atoms with Crippen LogP contribution in [0.4, 0.5) is 0 Å². The van der Waals surface area contributed by atoms with Crippen LogP contribution in [0.1, 0.15) is 12.8 Å². The second-order valence-electron chi connectivity index (χ2n) is 3.15. The Morgan fingerprint density at radius 1 is 1.29 bits per heavy atom. The average molecular weight is 287 g/mol. The van der Waals surface area contributed by atoms with Gasteiger partial charge in [0.05, 0.1) is 6.42 Å². The van der Waals surface area contributed by atoms with Crippen molar-refractivity contribution in [3.8, 4) is 0 Å². The summed E-state index contributed by atoms with van der Waals surface area (Å²) >= 11 is 0.640. The molecule has 0 fully saturated rings. The van der Waals surface area contributed by atoms with Crippen LogP contribution in [-0.4, -0.2) is 51.5 Å². The molecule has 0 heterocycles. The van der Waals surface area contributed by atoms with Gasteiger partial charge in [0.2, 0.25) is 0 Å². The van der Waals surface area contributed by atoms with Crippen LogP contribution in [0.3, 0.4) is 0 Å². The summed E-state index contributed by atoms with van der Waals surface area (Å²) in [7, 11) is -4.48. The molecule has 0 aromatic carbocycles. The van der Waals surface area contributed by atoms with Gasteiger partial charge >= 0.3 is 11.9 Å². The quantitative estimate of drug-likeness (QED) is 0.420. The number of hydrogen-bond donors (Lipinski definition) is 4. The molecule has 0 aliphatic heterocycles. The molecule has 8 nitrogen and oxygen atoms in total. The molecule has 0 aliphatic carbocycles. The average Bonchev–Trinajstić information content (AvgIpc) is 2.13. The topological polar surface area (TPSA) is 155 Å². The van der Waals surface area contributed by atoms with Gasteiger partial charge in [-0.25, -0.2) is 0 Å². The summed E-state index contributed by atoms with van der Waals surface area (Å²) in [5.41, 5.74) is 5.17. The predicted octanol–water partition coefficient (Wildman–Crippen LogP) is -0.790. The van der Waals surface area contributed by atoms with E-state index in [-0.39, 0.29) is 12.2 Å². The molecule has 5 N–H and O–H groups in total. The minimum Gasteiger partial charge on any atom is -0.481 e. The maximum absolute atomic E-state index is 10.8. The third-order valence-corrected chi connectivity index (χ3v) is 4.70. The van der Waals surface area contributed by atoms with Gasteiger partial charge in [-0.2, -0.15) is 8.42 Å². The van der Waals surface area contributed by atoms with E-state index in [2.05, 4.69) is 0 Å². The summed E-state index contributed by atoms with van der Waals surface area (Å²) in [6, 6.07) is -1.14. The van der Waals surface area contributed by atoms with E-state index in [0.717, 1.165) is 0 Å². The van der Waals surface area contributed by atoms with Gasteiger partial charge in [-0.3, -0.25) is 14.1 Å². The second kappa shape index (κ2) is 6.79. The van der Waals surface area contributed by atoms with E-state index in [1.807, 2.05) is 0 Å². The van der Waals surface area contributed by atoms with Crippen molar-refractivity contribution in [2.24, 2.45) is 5.73 Å². The van der Waals surface area contributed by atoms with Crippen molar-refractivity contribution in [3.63, 3.8) is 0 Å². The van der Waals surface area contributed by atoms with E-state index >= 15 is 0 Å². The molecule has 10 heteroatoms. The first-order valence-electron chi connectivity index (χ1n) is 4.42. The zero-order valence-corrected chi connectivity index (χ0v) is 10.3. The van der Waals surface area contributed by atoms with Crippen LogP contribution < -0.4 is 5.73 Å². The van der Waals surface area contributed by atoms with Crippen LogP contribution in [0.5, 0.6) is 0 Å². The molecular weight excluding hydrogens is 274 g/mol. The molecule has 2 unspecified atom stereocenters. The fourth-order valence-electron chi connectivity index (χ4n) is 0.843. The molecule has 2 atom stereocenters. The van der Waals surface area contributed by atoms with E-state index in [4.69, 9.17) is 20.5 Å². The first-order chi connectivity index (χ1) is 7.64. The number of thioether (sulfide) groups is 1. The van der Waals surface area contributed by atoms with Gasteiger partial charge in [0.25, 0.3) is 10.1 Å². The first kappa shape index (κ1) is 16.2. The lowest BCUT2D eigenvalue weighted by Crippen LogP contribution is -2.31. The van der Waals surface area contributed by atoms with Crippen LogP contribution in [0.2, 0.25) is 0 Å². The molecule has 0 aromatic rings. The lowest BCUT2D eigenvalue weighted by Gasteiger charge is -2.12. The van der Waals surface area contributed by atoms with Crippen molar-refractivity contribution >= 4 is 33.8 Å². The maximum Gasteiger partial charge on any atom is 0.320 e. The van der Waals surface area contributed by atoms with Gasteiger partial charge < -0.3 is 15.9 Å². The Morgan fingerprint density at radius 3 is 2.18 bits per heavy atom. The highest BCUT2D eigenvalue weighted by Crippen LogP contribution is 2.21. The van der Waals surface area contributed by atoms with Crippen molar-refractivity contribution in [1.29, 1.82) is 0 Å². The molecule has 0 spiro atoms. The van der Waals surface area contributed by atoms with Crippen LogP contribution in [-0.2, 0) is 19.7 Å². The van der Waals surface area contributed by atoms with Gasteiger partial charge in [0.1, 0.15) is 10.6 Å². The number of hydrogen-bond acceptors (Lipinski definition) is 6. The van der Waals surface area contributed by atoms with Gasteiger partial charge in [-0.1, -0.05) is 0 Å². The fraction of sp³-hybridized carbons (Fsp3) is 0.714. The van der Waals surface area contributed by atoms with Crippen molar-refractivity contribution in [3.05, 3.63) is 0 Å². The largest absolute Gasteiger partial charge is 0.481 e. The molecule has 17 heavy (non-hydrogen) atoms. The number of aliphatic carboxylic acids is 2. The summed E-state index contributed by atoms with van der Waals surface area (Å²) in [5, 5.41) is 16.9. The molecule has 0 amide bonds. The minimum absolute atomic E-state index is 0.0191. The first-order valence-corrected chi connectivity index (χ1v) is 6.98. The monoisotopic (exact) mass is 287 g/mol. The standard InChI is InChI=1S/C7H13NO7S2/c8-4(7(11)12)1-2-16-6(3-5(9)10)17(13,14)15/h4,6H,1-3,8H2,(H,9,10)(H,11,12)(H,13,14,15). The van der Waals surface area contributed by atoms with E-state index < -0.39 is 39.1 Å². The number of carbonyl (C=O) groups is 2. The SMILES string of the molecule is NC(CCSC(CC(=O)O)S(=O)(=O)O)C(=O)O. The lowest BCUT2D eigenvalue weighted by molar-refractivity contribution is -0.139. The summed E-state index contributed by atoms with van der Waals surface area (Å²) in [5.74, 6) is -2.58. The van der Waals surface area contributed by atoms with Crippen LogP contribution in [0.25, 0.3) is 0 Å². The van der Waals surface area contributed by atoms with Crippen LogP contribution in [0, 0.1) is 0 Å². The Morgan fingerprint density at radius 2 is 1.82 bits per heavy atom. The molecular formula is C7H13NO7S2. The smallest absolute Gasteiger partial charge is 0.320 e. The third kappa shape index (κ3) is 7.15. The molecule has 0 aromatic heterocycles. The highest BCUT2D eigenvalue weighted by atomic mass is 32.3. The normalized spacial score (nSPS) is 15.2. The number of carboxylic acid groups (broad SMARTS) is 2. The van der Waals surface area contributed by atoms with E-state index in [0.29, 0.717) is 11.8 Å². The number of rotatable bonds is 8. The van der Waals surface area contributed by atoms with Crippen LogP contribution in [0.15, 0.2) is 0 Å². The van der Waals surface area contributed by atoms with Gasteiger partial charge in [0, 0.05) is 0 Å². The zero-order valence-electron chi connectivity index (χ0n) is 8.64. The van der Waals surface area contributed by atoms with Gasteiger partial charge in [0.15, 0.2) is 0 Å². The molecule has 0 aliphatic rings. The highest BCUT2D eigenvalue weighted by molar-refractivity contribution is 8.11. The minimum atomic E-state index is -4.48. The zero-order chi connectivity index (χ0) is 13.6. The van der Waals surface area contributed by atoms with E-state index in [1.54, 1.807) is 0 Å². The second-order valence-corrected chi connectivity index (χ2v) is 6.35. The number of nitrogens with two attached hydrogens (primary N) is 1. The Bertz CT molecular complexity index is 380. The van der Waals surface area contributed by atoms with Crippen molar-refractivity contribution in [2.45, 2.75) is 23.5 Å². The summed E-state index contributed by atoms with van der Waals surface area (Å²) in [4.78, 5) is 20.7. The Balaban J connectivity index is 4.28. The predicted molar refractivity (Wildman–Crippen MR) is 60.3 cm³/mol. The maximum atomic E-state index is 10.8. The number of carboxylic acids is 2. The van der Waals surface area contributed by atoms with Gasteiger partial charge in [-0.15, -0.1) is 11.8 Å².